The highest BCUT2D eigenvalue weighted by atomic mass is 35.5. The molecule has 2 N–H and O–H groups in total. The lowest BCUT2D eigenvalue weighted by atomic mass is 10.1. The second-order valence-corrected chi connectivity index (χ2v) is 7.03. The third kappa shape index (κ3) is 4.58. The van der Waals surface area contributed by atoms with Crippen LogP contribution < -0.4 is 10.1 Å². The minimum atomic E-state index is -0.365. The van der Waals surface area contributed by atoms with Crippen LogP contribution in [0.1, 0.15) is 15.9 Å². The molecule has 4 rings (SSSR count). The molecule has 0 aliphatic heterocycles. The summed E-state index contributed by atoms with van der Waals surface area (Å²) in [5.41, 5.74) is 2.64. The summed E-state index contributed by atoms with van der Waals surface area (Å²) in [5, 5.41) is 4.66. The number of ether oxygens (including phenoxy) is 1. The van der Waals surface area contributed by atoms with Gasteiger partial charge in [0.25, 0.3) is 5.91 Å². The Morgan fingerprint density at radius 1 is 1.03 bits per heavy atom. The Kier molecular flexibility index (Phi) is 5.49. The summed E-state index contributed by atoms with van der Waals surface area (Å²) in [4.78, 5) is 15.6. The van der Waals surface area contributed by atoms with Gasteiger partial charge in [-0.2, -0.15) is 0 Å². The van der Waals surface area contributed by atoms with E-state index >= 15 is 0 Å². The minimum Gasteiger partial charge on any atom is -0.457 e. The fraction of sp³-hybridized carbons (Fsp3) is 0.0870. The Labute approximate surface area is 172 Å². The van der Waals surface area contributed by atoms with Crippen molar-refractivity contribution >= 4 is 28.4 Å². The number of carbonyl (C=O) groups excluding carboxylic acids is 1. The van der Waals surface area contributed by atoms with Crippen LogP contribution in [0.25, 0.3) is 10.9 Å². The average molecular weight is 409 g/mol. The molecule has 6 heteroatoms. The van der Waals surface area contributed by atoms with Crippen molar-refractivity contribution in [2.24, 2.45) is 0 Å². The van der Waals surface area contributed by atoms with Gasteiger partial charge in [0.15, 0.2) is 0 Å². The van der Waals surface area contributed by atoms with Crippen molar-refractivity contribution in [3.05, 3.63) is 94.9 Å². The van der Waals surface area contributed by atoms with E-state index in [1.165, 1.54) is 12.1 Å². The van der Waals surface area contributed by atoms with Gasteiger partial charge in [0.2, 0.25) is 0 Å². The molecule has 3 aromatic carbocycles. The topological polar surface area (TPSA) is 54.1 Å². The zero-order valence-corrected chi connectivity index (χ0v) is 16.2. The second-order valence-electron chi connectivity index (χ2n) is 6.59. The van der Waals surface area contributed by atoms with E-state index in [4.69, 9.17) is 16.3 Å². The molecule has 4 nitrogen and oxygen atoms in total. The molecule has 1 amide bonds. The Morgan fingerprint density at radius 3 is 2.66 bits per heavy atom. The van der Waals surface area contributed by atoms with Crippen LogP contribution in [0, 0.1) is 5.82 Å². The summed E-state index contributed by atoms with van der Waals surface area (Å²) in [6, 6.07) is 18.3. The van der Waals surface area contributed by atoms with Crippen LogP contribution in [0.4, 0.5) is 4.39 Å². The maximum atomic E-state index is 13.2. The van der Waals surface area contributed by atoms with Gasteiger partial charge in [-0.25, -0.2) is 4.39 Å². The zero-order chi connectivity index (χ0) is 20.2. The summed E-state index contributed by atoms with van der Waals surface area (Å²) < 4.78 is 18.8. The molecule has 146 valence electrons. The van der Waals surface area contributed by atoms with Crippen LogP contribution in [-0.4, -0.2) is 17.4 Å². The number of H-pyrrole nitrogens is 1. The number of nitrogens with one attached hydrogen (secondary N) is 2. The van der Waals surface area contributed by atoms with Crippen molar-refractivity contribution < 1.29 is 13.9 Å². The summed E-state index contributed by atoms with van der Waals surface area (Å²) >= 11 is 6.07. The number of halogens is 2. The smallest absolute Gasteiger partial charge is 0.251 e. The van der Waals surface area contributed by atoms with Gasteiger partial charge < -0.3 is 15.0 Å². The zero-order valence-electron chi connectivity index (χ0n) is 15.4. The molecule has 1 heterocycles. The SMILES string of the molecule is O=C(NCCc1c[nH]c2ccc(Cl)cc12)c1ccc(Oc2cccc(F)c2)cc1. The number of aromatic amines is 1. The molecule has 0 aliphatic rings. The van der Waals surface area contributed by atoms with Gasteiger partial charge >= 0.3 is 0 Å². The van der Waals surface area contributed by atoms with Crippen molar-refractivity contribution in [2.75, 3.05) is 6.54 Å². The van der Waals surface area contributed by atoms with Crippen LogP contribution in [0.3, 0.4) is 0 Å². The van der Waals surface area contributed by atoms with E-state index < -0.39 is 0 Å². The summed E-state index contributed by atoms with van der Waals surface area (Å²) in [6.07, 6.45) is 2.62. The van der Waals surface area contributed by atoms with Crippen LogP contribution in [0.2, 0.25) is 5.02 Å². The fourth-order valence-electron chi connectivity index (χ4n) is 3.11. The van der Waals surface area contributed by atoms with E-state index in [0.29, 0.717) is 35.1 Å². The van der Waals surface area contributed by atoms with Crippen LogP contribution in [0.15, 0.2) is 72.9 Å². The number of aromatic nitrogens is 1. The lowest BCUT2D eigenvalue weighted by Crippen LogP contribution is -2.25. The first-order valence-corrected chi connectivity index (χ1v) is 9.53. The molecule has 0 spiro atoms. The van der Waals surface area contributed by atoms with Crippen LogP contribution in [-0.2, 0) is 6.42 Å². The fourth-order valence-corrected chi connectivity index (χ4v) is 3.28. The Hall–Kier alpha value is -3.31. The first-order chi connectivity index (χ1) is 14.1. The lowest BCUT2D eigenvalue weighted by Gasteiger charge is -2.08. The van der Waals surface area contributed by atoms with E-state index in [0.717, 1.165) is 16.5 Å². The maximum absolute atomic E-state index is 13.2. The van der Waals surface area contributed by atoms with E-state index in [1.54, 1.807) is 36.4 Å². The minimum absolute atomic E-state index is 0.167. The summed E-state index contributed by atoms with van der Waals surface area (Å²) in [5.74, 6) is 0.403. The molecule has 0 saturated carbocycles. The summed E-state index contributed by atoms with van der Waals surface area (Å²) in [6.45, 7) is 0.500. The average Bonchev–Trinajstić information content (AvgIpc) is 3.10. The molecular formula is C23H18ClFN2O2. The van der Waals surface area contributed by atoms with Gasteiger partial charge in [-0.15, -0.1) is 0 Å². The molecule has 0 saturated heterocycles. The van der Waals surface area contributed by atoms with Crippen molar-refractivity contribution in [1.29, 1.82) is 0 Å². The highest BCUT2D eigenvalue weighted by molar-refractivity contribution is 6.31. The molecule has 4 aromatic rings. The van der Waals surface area contributed by atoms with E-state index in [-0.39, 0.29) is 11.7 Å². The van der Waals surface area contributed by atoms with Crippen molar-refractivity contribution in [1.82, 2.24) is 10.3 Å². The van der Waals surface area contributed by atoms with Crippen molar-refractivity contribution in [2.45, 2.75) is 6.42 Å². The third-order valence-electron chi connectivity index (χ3n) is 4.56. The largest absolute Gasteiger partial charge is 0.457 e. The predicted octanol–water partition coefficient (Wildman–Crippen LogP) is 5.73. The van der Waals surface area contributed by atoms with Gasteiger partial charge in [0.1, 0.15) is 17.3 Å². The predicted molar refractivity (Wildman–Crippen MR) is 112 cm³/mol. The standard InChI is InChI=1S/C23H18ClFN2O2/c24-17-6-9-22-21(12-17)16(14-27-22)10-11-26-23(28)15-4-7-19(8-5-15)29-20-3-1-2-18(25)13-20/h1-9,12-14,27H,10-11H2,(H,26,28). The molecule has 0 atom stereocenters. The van der Waals surface area contributed by atoms with E-state index in [2.05, 4.69) is 10.3 Å². The number of hydrogen-bond acceptors (Lipinski definition) is 2. The van der Waals surface area contributed by atoms with E-state index in [1.807, 2.05) is 24.4 Å². The molecular weight excluding hydrogens is 391 g/mol. The Balaban J connectivity index is 1.34. The van der Waals surface area contributed by atoms with Crippen molar-refractivity contribution in [3.63, 3.8) is 0 Å². The number of hydrogen-bond donors (Lipinski definition) is 2. The van der Waals surface area contributed by atoms with Crippen LogP contribution in [0.5, 0.6) is 11.5 Å². The molecule has 0 unspecified atom stereocenters. The number of amides is 1. The summed E-state index contributed by atoms with van der Waals surface area (Å²) in [7, 11) is 0. The second kappa shape index (κ2) is 8.37. The number of rotatable bonds is 6. The quantitative estimate of drug-likeness (QED) is 0.428. The van der Waals surface area contributed by atoms with Gasteiger partial charge in [-0.05, 0) is 66.6 Å². The number of fused-ring (bicyclic) bond motifs is 1. The third-order valence-corrected chi connectivity index (χ3v) is 4.79. The first-order valence-electron chi connectivity index (χ1n) is 9.16. The monoisotopic (exact) mass is 408 g/mol. The van der Waals surface area contributed by atoms with Gasteiger partial charge in [0, 0.05) is 40.3 Å². The van der Waals surface area contributed by atoms with Gasteiger partial charge in [0.05, 0.1) is 0 Å². The Morgan fingerprint density at radius 2 is 1.86 bits per heavy atom. The lowest BCUT2D eigenvalue weighted by molar-refractivity contribution is 0.0954. The highest BCUT2D eigenvalue weighted by Crippen LogP contribution is 2.23. The van der Waals surface area contributed by atoms with Crippen molar-refractivity contribution in [3.8, 4) is 11.5 Å². The normalized spacial score (nSPS) is 10.8. The molecule has 0 aliphatic carbocycles. The van der Waals surface area contributed by atoms with Gasteiger partial charge in [-0.1, -0.05) is 17.7 Å². The number of benzene rings is 3. The maximum Gasteiger partial charge on any atom is 0.251 e. The first kappa shape index (κ1) is 19.0. The highest BCUT2D eigenvalue weighted by Gasteiger charge is 2.08. The molecule has 1 aromatic heterocycles. The Bertz CT molecular complexity index is 1160. The molecule has 0 radical (unpaired) electrons. The molecule has 0 bridgehead atoms. The number of carbonyl (C=O) groups is 1. The molecule has 29 heavy (non-hydrogen) atoms. The van der Waals surface area contributed by atoms with E-state index in [9.17, 15) is 9.18 Å². The molecule has 0 fully saturated rings. The van der Waals surface area contributed by atoms with Crippen LogP contribution >= 0.6 is 11.6 Å². The van der Waals surface area contributed by atoms with Gasteiger partial charge in [-0.3, -0.25) is 4.79 Å².